The second-order valence-corrected chi connectivity index (χ2v) is 4.07. The van der Waals surface area contributed by atoms with Gasteiger partial charge in [-0.3, -0.25) is 0 Å². The van der Waals surface area contributed by atoms with Crippen molar-refractivity contribution in [3.8, 4) is 0 Å². The number of benzene rings is 1. The van der Waals surface area contributed by atoms with E-state index in [0.29, 0.717) is 6.42 Å². The highest BCUT2D eigenvalue weighted by molar-refractivity contribution is 7.13. The predicted octanol–water partition coefficient (Wildman–Crippen LogP) is 2.74. The van der Waals surface area contributed by atoms with Gasteiger partial charge in [0.1, 0.15) is 6.29 Å². The number of aromatic nitrogens is 1. The van der Waals surface area contributed by atoms with Crippen LogP contribution in [0.25, 0.3) is 10.1 Å². The van der Waals surface area contributed by atoms with Gasteiger partial charge in [0.25, 0.3) is 0 Å². The van der Waals surface area contributed by atoms with Crippen LogP contribution in [-0.4, -0.2) is 10.7 Å². The smallest absolute Gasteiger partial charge is 0.120 e. The molecule has 0 aliphatic rings. The zero-order valence-corrected chi connectivity index (χ0v) is 8.80. The number of fused-ring (bicyclic) bond motifs is 1. The molecule has 2 nitrogen and oxygen atoms in total. The van der Waals surface area contributed by atoms with E-state index in [4.69, 9.17) is 0 Å². The topological polar surface area (TPSA) is 30.0 Å². The van der Waals surface area contributed by atoms with Crippen molar-refractivity contribution in [3.05, 3.63) is 29.5 Å². The Morgan fingerprint density at radius 2 is 2.36 bits per heavy atom. The summed E-state index contributed by atoms with van der Waals surface area (Å²) in [7, 11) is 0. The number of hydrogen-bond donors (Lipinski definition) is 0. The lowest BCUT2D eigenvalue weighted by Gasteiger charge is -2.00. The number of hydrogen-bond acceptors (Lipinski definition) is 3. The quantitative estimate of drug-likeness (QED) is 0.721. The van der Waals surface area contributed by atoms with Crippen LogP contribution >= 0.6 is 11.5 Å². The highest BCUT2D eigenvalue weighted by Crippen LogP contribution is 2.26. The molecule has 0 saturated heterocycles. The highest BCUT2D eigenvalue weighted by atomic mass is 32.1. The fraction of sp³-hybridized carbons (Fsp3) is 0.273. The van der Waals surface area contributed by atoms with Crippen LogP contribution < -0.4 is 0 Å². The molecular formula is C11H11NOS. The Labute approximate surface area is 86.7 Å². The van der Waals surface area contributed by atoms with Gasteiger partial charge in [-0.25, -0.2) is 0 Å². The van der Waals surface area contributed by atoms with E-state index in [9.17, 15) is 4.79 Å². The molecule has 2 rings (SSSR count). The van der Waals surface area contributed by atoms with Crippen LogP contribution in [0.4, 0.5) is 0 Å². The number of carbonyl (C=O) groups excluding carboxylic acids is 1. The van der Waals surface area contributed by atoms with Crippen molar-refractivity contribution in [2.45, 2.75) is 19.8 Å². The molecule has 0 unspecified atom stereocenters. The van der Waals surface area contributed by atoms with Gasteiger partial charge in [0.2, 0.25) is 0 Å². The number of nitrogens with zero attached hydrogens (tertiary/aromatic N) is 1. The predicted molar refractivity (Wildman–Crippen MR) is 58.7 cm³/mol. The van der Waals surface area contributed by atoms with Crippen LogP contribution in [0.2, 0.25) is 0 Å². The first kappa shape index (κ1) is 9.34. The maximum atomic E-state index is 10.3. The molecule has 72 valence electrons. The van der Waals surface area contributed by atoms with Crippen molar-refractivity contribution in [3.63, 3.8) is 0 Å². The molecule has 1 heterocycles. The summed E-state index contributed by atoms with van der Waals surface area (Å²) in [6.07, 6.45) is 2.38. The van der Waals surface area contributed by atoms with Gasteiger partial charge < -0.3 is 4.79 Å². The number of carbonyl (C=O) groups is 1. The van der Waals surface area contributed by atoms with Crippen molar-refractivity contribution >= 4 is 27.9 Å². The molecular weight excluding hydrogens is 194 g/mol. The first-order valence-corrected chi connectivity index (χ1v) is 5.38. The second-order valence-electron chi connectivity index (χ2n) is 3.26. The van der Waals surface area contributed by atoms with E-state index < -0.39 is 0 Å². The molecule has 0 aliphatic carbocycles. The average Bonchev–Trinajstić information content (AvgIpc) is 2.58. The van der Waals surface area contributed by atoms with Gasteiger partial charge in [-0.15, -0.1) is 0 Å². The van der Waals surface area contributed by atoms with Crippen LogP contribution in [0.3, 0.4) is 0 Å². The molecule has 0 radical (unpaired) electrons. The Hall–Kier alpha value is -1.22. The van der Waals surface area contributed by atoms with Crippen molar-refractivity contribution < 1.29 is 4.79 Å². The van der Waals surface area contributed by atoms with Gasteiger partial charge >= 0.3 is 0 Å². The van der Waals surface area contributed by atoms with Gasteiger partial charge in [-0.2, -0.15) is 4.37 Å². The third-order valence-electron chi connectivity index (χ3n) is 2.29. The van der Waals surface area contributed by atoms with Crippen LogP contribution in [-0.2, 0) is 11.2 Å². The van der Waals surface area contributed by atoms with E-state index in [0.717, 1.165) is 18.4 Å². The number of rotatable bonds is 3. The minimum absolute atomic E-state index is 0.592. The summed E-state index contributed by atoms with van der Waals surface area (Å²) in [6.45, 7) is 2.02. The normalized spacial score (nSPS) is 10.6. The van der Waals surface area contributed by atoms with Gasteiger partial charge in [0, 0.05) is 11.8 Å². The number of aldehydes is 1. The van der Waals surface area contributed by atoms with E-state index in [1.165, 1.54) is 27.2 Å². The maximum Gasteiger partial charge on any atom is 0.120 e. The highest BCUT2D eigenvalue weighted by Gasteiger charge is 2.06. The SMILES string of the molecule is Cc1nsc2cccc(CCC=O)c12. The second kappa shape index (κ2) is 3.88. The average molecular weight is 205 g/mol. The summed E-state index contributed by atoms with van der Waals surface area (Å²) < 4.78 is 5.53. The third kappa shape index (κ3) is 1.55. The zero-order valence-electron chi connectivity index (χ0n) is 7.99. The van der Waals surface area contributed by atoms with Crippen molar-refractivity contribution in [1.29, 1.82) is 0 Å². The molecule has 0 N–H and O–H groups in total. The third-order valence-corrected chi connectivity index (χ3v) is 3.19. The standard InChI is InChI=1S/C11H11NOS/c1-8-11-9(5-3-7-13)4-2-6-10(11)14-12-8/h2,4,6-7H,3,5H2,1H3. The van der Waals surface area contributed by atoms with Crippen LogP contribution in [0.5, 0.6) is 0 Å². The monoisotopic (exact) mass is 205 g/mol. The Bertz CT molecular complexity index is 461. The molecule has 0 atom stereocenters. The van der Waals surface area contributed by atoms with Crippen LogP contribution in [0.15, 0.2) is 18.2 Å². The molecule has 0 saturated carbocycles. The Balaban J connectivity index is 2.51. The Morgan fingerprint density at radius 3 is 3.14 bits per heavy atom. The molecule has 3 heteroatoms. The molecule has 14 heavy (non-hydrogen) atoms. The lowest BCUT2D eigenvalue weighted by Crippen LogP contribution is -1.87. The molecule has 1 aromatic heterocycles. The summed E-state index contributed by atoms with van der Waals surface area (Å²) in [4.78, 5) is 10.3. The molecule has 0 amide bonds. The fourth-order valence-corrected chi connectivity index (χ4v) is 2.49. The molecule has 0 bridgehead atoms. The Kier molecular flexibility index (Phi) is 2.59. The zero-order chi connectivity index (χ0) is 9.97. The van der Waals surface area contributed by atoms with Gasteiger partial charge in [0.15, 0.2) is 0 Å². The van der Waals surface area contributed by atoms with Crippen molar-refractivity contribution in [1.82, 2.24) is 4.37 Å². The summed E-state index contributed by atoms with van der Waals surface area (Å²) in [5.74, 6) is 0. The van der Waals surface area contributed by atoms with Crippen molar-refractivity contribution in [2.24, 2.45) is 0 Å². The van der Waals surface area contributed by atoms with Crippen LogP contribution in [0.1, 0.15) is 17.7 Å². The molecule has 0 fully saturated rings. The lowest BCUT2D eigenvalue weighted by atomic mass is 10.0. The van der Waals surface area contributed by atoms with E-state index in [-0.39, 0.29) is 0 Å². The Morgan fingerprint density at radius 1 is 1.50 bits per heavy atom. The summed E-state index contributed by atoms with van der Waals surface area (Å²) in [5.41, 5.74) is 2.31. The van der Waals surface area contributed by atoms with E-state index in [1.54, 1.807) is 0 Å². The van der Waals surface area contributed by atoms with Crippen LogP contribution in [0, 0.1) is 6.92 Å². The molecule has 2 aromatic rings. The van der Waals surface area contributed by atoms with E-state index >= 15 is 0 Å². The summed E-state index contributed by atoms with van der Waals surface area (Å²) >= 11 is 1.52. The minimum atomic E-state index is 0.592. The first-order chi connectivity index (χ1) is 6.83. The number of aryl methyl sites for hydroxylation is 2. The largest absolute Gasteiger partial charge is 0.303 e. The van der Waals surface area contributed by atoms with E-state index in [1.807, 2.05) is 13.0 Å². The van der Waals surface area contributed by atoms with Gasteiger partial charge in [0.05, 0.1) is 10.4 Å². The lowest BCUT2D eigenvalue weighted by molar-refractivity contribution is -0.107. The van der Waals surface area contributed by atoms with Gasteiger partial charge in [-0.05, 0) is 36.5 Å². The molecule has 0 aliphatic heterocycles. The summed E-state index contributed by atoms with van der Waals surface area (Å²) in [5, 5.41) is 1.24. The summed E-state index contributed by atoms with van der Waals surface area (Å²) in [6, 6.07) is 6.18. The maximum absolute atomic E-state index is 10.3. The molecule has 0 spiro atoms. The first-order valence-electron chi connectivity index (χ1n) is 4.60. The van der Waals surface area contributed by atoms with Gasteiger partial charge in [-0.1, -0.05) is 12.1 Å². The molecule has 1 aromatic carbocycles. The minimum Gasteiger partial charge on any atom is -0.303 e. The van der Waals surface area contributed by atoms with Crippen molar-refractivity contribution in [2.75, 3.05) is 0 Å². The fourth-order valence-electron chi connectivity index (χ4n) is 1.65. The van der Waals surface area contributed by atoms with E-state index in [2.05, 4.69) is 16.5 Å².